The molecule has 0 spiro atoms. The van der Waals surface area contributed by atoms with Gasteiger partial charge in [-0.2, -0.15) is 0 Å². The molecule has 0 radical (unpaired) electrons. The number of amides is 1. The molecule has 1 aliphatic heterocycles. The first-order chi connectivity index (χ1) is 9.49. The molecule has 108 valence electrons. The summed E-state index contributed by atoms with van der Waals surface area (Å²) in [6.07, 6.45) is 0.478. The summed E-state index contributed by atoms with van der Waals surface area (Å²) in [5.41, 5.74) is 1.68. The van der Waals surface area contributed by atoms with Crippen molar-refractivity contribution in [2.24, 2.45) is 5.92 Å². The molecular weight excluding hydrogens is 258 g/mol. The Kier molecular flexibility index (Phi) is 4.39. The van der Waals surface area contributed by atoms with Crippen molar-refractivity contribution in [1.29, 1.82) is 0 Å². The van der Waals surface area contributed by atoms with E-state index < -0.39 is 5.97 Å². The van der Waals surface area contributed by atoms with Gasteiger partial charge in [-0.25, -0.2) is 0 Å². The molecule has 1 N–H and O–H groups in total. The Balaban J connectivity index is 2.24. The van der Waals surface area contributed by atoms with E-state index in [1.165, 1.54) is 4.90 Å². The lowest BCUT2D eigenvalue weighted by Crippen LogP contribution is -2.41. The van der Waals surface area contributed by atoms with Gasteiger partial charge in [-0.05, 0) is 32.4 Å². The van der Waals surface area contributed by atoms with Crippen LogP contribution in [0.15, 0.2) is 24.3 Å². The Bertz CT molecular complexity index is 497. The zero-order chi connectivity index (χ0) is 14.7. The number of benzene rings is 1. The lowest BCUT2D eigenvalue weighted by Gasteiger charge is -2.25. The van der Waals surface area contributed by atoms with Gasteiger partial charge in [0.15, 0.2) is 0 Å². The third-order valence-corrected chi connectivity index (χ3v) is 3.60. The maximum absolute atomic E-state index is 12.6. The summed E-state index contributed by atoms with van der Waals surface area (Å²) in [6, 6.07) is 7.28. The highest BCUT2D eigenvalue weighted by Gasteiger charge is 2.35. The molecule has 1 aromatic carbocycles. The molecule has 1 fully saturated rings. The van der Waals surface area contributed by atoms with Gasteiger partial charge >= 0.3 is 5.97 Å². The molecule has 2 rings (SSSR count). The quantitative estimate of drug-likeness (QED) is 0.912. The summed E-state index contributed by atoms with van der Waals surface area (Å²) in [5, 5.41) is 9.03. The van der Waals surface area contributed by atoms with Crippen LogP contribution in [-0.4, -0.2) is 36.2 Å². The second-order valence-electron chi connectivity index (χ2n) is 5.12. The van der Waals surface area contributed by atoms with Crippen molar-refractivity contribution < 1.29 is 19.4 Å². The molecule has 0 bridgehead atoms. The highest BCUT2D eigenvalue weighted by Crippen LogP contribution is 2.26. The summed E-state index contributed by atoms with van der Waals surface area (Å²) in [5.74, 6) is -1.47. The Morgan fingerprint density at radius 2 is 2.00 bits per heavy atom. The van der Waals surface area contributed by atoms with Crippen molar-refractivity contribution >= 4 is 17.6 Å². The fraction of sp³-hybridized carbons (Fsp3) is 0.467. The monoisotopic (exact) mass is 277 g/mol. The first-order valence-electron chi connectivity index (χ1n) is 6.70. The van der Waals surface area contributed by atoms with Crippen LogP contribution in [0.1, 0.15) is 18.9 Å². The number of carbonyl (C=O) groups is 2. The molecule has 20 heavy (non-hydrogen) atoms. The second kappa shape index (κ2) is 6.05. The second-order valence-corrected chi connectivity index (χ2v) is 5.12. The van der Waals surface area contributed by atoms with E-state index in [0.29, 0.717) is 18.7 Å². The zero-order valence-electron chi connectivity index (χ0n) is 11.7. The van der Waals surface area contributed by atoms with Crippen molar-refractivity contribution in [3.63, 3.8) is 0 Å². The highest BCUT2D eigenvalue weighted by molar-refractivity contribution is 5.99. The minimum Gasteiger partial charge on any atom is -0.480 e. The van der Waals surface area contributed by atoms with Gasteiger partial charge in [0.05, 0.1) is 12.0 Å². The molecule has 5 nitrogen and oxygen atoms in total. The Morgan fingerprint density at radius 3 is 2.50 bits per heavy atom. The molecule has 1 heterocycles. The van der Waals surface area contributed by atoms with Crippen molar-refractivity contribution in [1.82, 2.24) is 0 Å². The number of carboxylic acid groups (broad SMARTS) is 1. The Morgan fingerprint density at radius 1 is 1.35 bits per heavy atom. The summed E-state index contributed by atoms with van der Waals surface area (Å²) in [4.78, 5) is 24.9. The number of hydrogen-bond acceptors (Lipinski definition) is 3. The predicted molar refractivity (Wildman–Crippen MR) is 74.7 cm³/mol. The summed E-state index contributed by atoms with van der Waals surface area (Å²) in [6.45, 7) is 4.02. The molecule has 2 unspecified atom stereocenters. The molecular formula is C15H19NO4. The molecule has 1 aliphatic rings. The van der Waals surface area contributed by atoms with Crippen molar-refractivity contribution in [2.45, 2.75) is 26.4 Å². The number of carbonyl (C=O) groups excluding carboxylic acids is 1. The van der Waals surface area contributed by atoms with Gasteiger partial charge in [0.25, 0.3) is 0 Å². The van der Waals surface area contributed by atoms with Crippen LogP contribution in [-0.2, 0) is 14.3 Å². The van der Waals surface area contributed by atoms with Crippen LogP contribution in [0.2, 0.25) is 0 Å². The first kappa shape index (κ1) is 14.5. The van der Waals surface area contributed by atoms with Crippen LogP contribution in [0, 0.1) is 12.8 Å². The van der Waals surface area contributed by atoms with E-state index >= 15 is 0 Å². The van der Waals surface area contributed by atoms with E-state index in [4.69, 9.17) is 9.84 Å². The standard InChI is InChI=1S/C15H19NO4/c1-10-3-5-12(6-4-10)16(9-14(17)18)15(19)13-7-8-20-11(13)2/h3-6,11,13H,7-9H2,1-2H3,(H,17,18). The predicted octanol–water partition coefficient (Wildman–Crippen LogP) is 1.84. The van der Waals surface area contributed by atoms with Crippen molar-refractivity contribution in [2.75, 3.05) is 18.1 Å². The average molecular weight is 277 g/mol. The number of carboxylic acids is 1. The van der Waals surface area contributed by atoms with E-state index in [2.05, 4.69) is 0 Å². The van der Waals surface area contributed by atoms with E-state index in [1.807, 2.05) is 26.0 Å². The minimum atomic E-state index is -1.02. The van der Waals surface area contributed by atoms with Gasteiger partial charge < -0.3 is 14.7 Å². The van der Waals surface area contributed by atoms with E-state index in [1.54, 1.807) is 12.1 Å². The number of aryl methyl sites for hydroxylation is 1. The Hall–Kier alpha value is -1.88. The van der Waals surface area contributed by atoms with Crippen LogP contribution in [0.25, 0.3) is 0 Å². The smallest absolute Gasteiger partial charge is 0.323 e. The number of hydrogen-bond donors (Lipinski definition) is 1. The number of rotatable bonds is 4. The fourth-order valence-corrected chi connectivity index (χ4v) is 2.41. The first-order valence-corrected chi connectivity index (χ1v) is 6.70. The molecule has 0 saturated carbocycles. The molecule has 1 aromatic rings. The third-order valence-electron chi connectivity index (χ3n) is 3.60. The molecule has 0 aromatic heterocycles. The van der Waals surface area contributed by atoms with Crippen LogP contribution in [0.3, 0.4) is 0 Å². The Labute approximate surface area is 118 Å². The number of aliphatic carboxylic acids is 1. The van der Waals surface area contributed by atoms with E-state index in [-0.39, 0.29) is 24.5 Å². The number of nitrogens with zero attached hydrogens (tertiary/aromatic N) is 1. The van der Waals surface area contributed by atoms with Crippen LogP contribution >= 0.6 is 0 Å². The average Bonchev–Trinajstić information content (AvgIpc) is 2.82. The topological polar surface area (TPSA) is 66.8 Å². The van der Waals surface area contributed by atoms with Crippen LogP contribution in [0.4, 0.5) is 5.69 Å². The van der Waals surface area contributed by atoms with Gasteiger partial charge in [0, 0.05) is 12.3 Å². The SMILES string of the molecule is Cc1ccc(N(CC(=O)O)C(=O)C2CCOC2C)cc1. The summed E-state index contributed by atoms with van der Waals surface area (Å²) in [7, 11) is 0. The van der Waals surface area contributed by atoms with Gasteiger partial charge in [-0.15, -0.1) is 0 Å². The normalized spacial score (nSPS) is 21.7. The van der Waals surface area contributed by atoms with Gasteiger partial charge in [0.1, 0.15) is 6.54 Å². The largest absolute Gasteiger partial charge is 0.480 e. The molecule has 1 amide bonds. The van der Waals surface area contributed by atoms with E-state index in [9.17, 15) is 9.59 Å². The summed E-state index contributed by atoms with van der Waals surface area (Å²) < 4.78 is 5.40. The maximum Gasteiger partial charge on any atom is 0.323 e. The van der Waals surface area contributed by atoms with Crippen LogP contribution < -0.4 is 4.90 Å². The molecule has 1 saturated heterocycles. The van der Waals surface area contributed by atoms with Crippen molar-refractivity contribution in [3.05, 3.63) is 29.8 Å². The lowest BCUT2D eigenvalue weighted by molar-refractivity contribution is -0.137. The summed E-state index contributed by atoms with van der Waals surface area (Å²) >= 11 is 0. The highest BCUT2D eigenvalue weighted by atomic mass is 16.5. The maximum atomic E-state index is 12.6. The van der Waals surface area contributed by atoms with Crippen LogP contribution in [0.5, 0.6) is 0 Å². The zero-order valence-corrected chi connectivity index (χ0v) is 11.7. The fourth-order valence-electron chi connectivity index (χ4n) is 2.41. The minimum absolute atomic E-state index is 0.163. The lowest BCUT2D eigenvalue weighted by atomic mass is 10.0. The molecule has 5 heteroatoms. The number of anilines is 1. The van der Waals surface area contributed by atoms with E-state index in [0.717, 1.165) is 5.56 Å². The molecule has 0 aliphatic carbocycles. The van der Waals surface area contributed by atoms with Crippen molar-refractivity contribution in [3.8, 4) is 0 Å². The van der Waals surface area contributed by atoms with Gasteiger partial charge in [0.2, 0.25) is 5.91 Å². The third kappa shape index (κ3) is 3.17. The molecule has 2 atom stereocenters. The van der Waals surface area contributed by atoms with Gasteiger partial charge in [-0.1, -0.05) is 17.7 Å². The van der Waals surface area contributed by atoms with Gasteiger partial charge in [-0.3, -0.25) is 9.59 Å². The number of ether oxygens (including phenoxy) is 1.